The number of ether oxygens (including phenoxy) is 1. The van der Waals surface area contributed by atoms with Crippen LogP contribution in [0, 0.1) is 6.92 Å². The Bertz CT molecular complexity index is 478. The molecule has 0 aliphatic heterocycles. The van der Waals surface area contributed by atoms with Gasteiger partial charge in [-0.15, -0.1) is 0 Å². The number of hydrogen-bond donors (Lipinski definition) is 2. The summed E-state index contributed by atoms with van der Waals surface area (Å²) in [6.07, 6.45) is -0.763. The van der Waals surface area contributed by atoms with Gasteiger partial charge in [0.2, 0.25) is 0 Å². The molecule has 3 amide bonds. The lowest BCUT2D eigenvalue weighted by atomic mass is 10.2. The van der Waals surface area contributed by atoms with Gasteiger partial charge < -0.3 is 15.0 Å². The molecule has 0 radical (unpaired) electrons. The van der Waals surface area contributed by atoms with E-state index in [1.807, 2.05) is 0 Å². The minimum atomic E-state index is -0.763. The molecule has 0 unspecified atom stereocenters. The monoisotopic (exact) mass is 284 g/mol. The summed E-state index contributed by atoms with van der Waals surface area (Å²) in [5.41, 5.74) is 4.70. The second-order valence-corrected chi connectivity index (χ2v) is 5.17. The number of aromatic nitrogens is 1. The number of urea groups is 1. The van der Waals surface area contributed by atoms with Gasteiger partial charge in [-0.05, 0) is 27.7 Å². The van der Waals surface area contributed by atoms with Crippen molar-refractivity contribution in [1.82, 2.24) is 10.1 Å². The van der Waals surface area contributed by atoms with Gasteiger partial charge in [0.25, 0.3) is 0 Å². The fourth-order valence-electron chi connectivity index (χ4n) is 1.32. The van der Waals surface area contributed by atoms with Crippen LogP contribution >= 0.6 is 0 Å². The molecule has 0 saturated heterocycles. The third-order valence-electron chi connectivity index (χ3n) is 2.07. The molecule has 0 aromatic carbocycles. The van der Waals surface area contributed by atoms with E-state index in [9.17, 15) is 9.59 Å². The number of imide groups is 1. The summed E-state index contributed by atoms with van der Waals surface area (Å²) in [6.45, 7) is 7.00. The zero-order chi connectivity index (χ0) is 15.3. The fourth-order valence-corrected chi connectivity index (χ4v) is 1.32. The molecule has 20 heavy (non-hydrogen) atoms. The molecule has 0 bridgehead atoms. The molecule has 1 aromatic heterocycles. The number of rotatable bonds is 3. The predicted octanol–water partition coefficient (Wildman–Crippen LogP) is 1.71. The lowest BCUT2D eigenvalue weighted by Crippen LogP contribution is -2.45. The maximum absolute atomic E-state index is 12.0. The lowest BCUT2D eigenvalue weighted by Gasteiger charge is -2.25. The van der Waals surface area contributed by atoms with E-state index in [4.69, 9.17) is 15.0 Å². The molecular formula is C12H20N4O4. The number of amides is 3. The normalized spacial score (nSPS) is 11.1. The summed E-state index contributed by atoms with van der Waals surface area (Å²) < 4.78 is 9.97. The SMILES string of the molecule is Cc1cc(NC(=O)N(CCN)C(=O)OC(C)(C)C)no1. The third-order valence-corrected chi connectivity index (χ3v) is 2.07. The maximum atomic E-state index is 12.0. The van der Waals surface area contributed by atoms with Gasteiger partial charge >= 0.3 is 12.1 Å². The summed E-state index contributed by atoms with van der Waals surface area (Å²) in [7, 11) is 0. The van der Waals surface area contributed by atoms with E-state index in [0.29, 0.717) is 5.76 Å². The van der Waals surface area contributed by atoms with E-state index >= 15 is 0 Å². The van der Waals surface area contributed by atoms with E-state index in [1.54, 1.807) is 27.7 Å². The highest BCUT2D eigenvalue weighted by Gasteiger charge is 2.27. The standard InChI is InChI=1S/C12H20N4O4/c1-8-7-9(15-20-8)14-10(17)16(6-5-13)11(18)19-12(2,3)4/h7H,5-6,13H2,1-4H3,(H,14,15,17). The molecule has 0 fully saturated rings. The van der Waals surface area contributed by atoms with Crippen LogP contribution in [0.1, 0.15) is 26.5 Å². The molecular weight excluding hydrogens is 264 g/mol. The highest BCUT2D eigenvalue weighted by Crippen LogP contribution is 2.12. The largest absolute Gasteiger partial charge is 0.443 e. The van der Waals surface area contributed by atoms with Gasteiger partial charge in [0.1, 0.15) is 11.4 Å². The number of nitrogens with one attached hydrogen (secondary N) is 1. The van der Waals surface area contributed by atoms with Gasteiger partial charge in [-0.3, -0.25) is 5.32 Å². The van der Waals surface area contributed by atoms with Crippen LogP contribution in [0.25, 0.3) is 0 Å². The molecule has 0 saturated carbocycles. The maximum Gasteiger partial charge on any atom is 0.418 e. The van der Waals surface area contributed by atoms with E-state index < -0.39 is 17.7 Å². The van der Waals surface area contributed by atoms with Crippen molar-refractivity contribution < 1.29 is 18.8 Å². The zero-order valence-corrected chi connectivity index (χ0v) is 12.1. The lowest BCUT2D eigenvalue weighted by molar-refractivity contribution is 0.0336. The second kappa shape index (κ2) is 6.38. The highest BCUT2D eigenvalue weighted by molar-refractivity contribution is 5.98. The van der Waals surface area contributed by atoms with Crippen molar-refractivity contribution in [2.45, 2.75) is 33.3 Å². The molecule has 1 heterocycles. The molecule has 112 valence electrons. The van der Waals surface area contributed by atoms with E-state index in [-0.39, 0.29) is 18.9 Å². The third kappa shape index (κ3) is 4.88. The number of anilines is 1. The van der Waals surface area contributed by atoms with Gasteiger partial charge in [-0.25, -0.2) is 14.5 Å². The highest BCUT2D eigenvalue weighted by atomic mass is 16.6. The van der Waals surface area contributed by atoms with Gasteiger partial charge in [0.05, 0.1) is 0 Å². The predicted molar refractivity (Wildman–Crippen MR) is 72.3 cm³/mol. The molecule has 0 atom stereocenters. The Morgan fingerprint density at radius 1 is 1.50 bits per heavy atom. The molecule has 0 aliphatic rings. The Morgan fingerprint density at radius 2 is 2.15 bits per heavy atom. The molecule has 0 aliphatic carbocycles. The number of aryl methyl sites for hydroxylation is 1. The Kier molecular flexibility index (Phi) is 5.09. The van der Waals surface area contributed by atoms with Crippen LogP contribution in [0.3, 0.4) is 0 Å². The van der Waals surface area contributed by atoms with Gasteiger partial charge in [0.15, 0.2) is 5.82 Å². The number of nitrogens with zero attached hydrogens (tertiary/aromatic N) is 2. The van der Waals surface area contributed by atoms with Crippen LogP contribution in [0.4, 0.5) is 15.4 Å². The minimum absolute atomic E-state index is 0.0393. The first-order valence-electron chi connectivity index (χ1n) is 6.18. The molecule has 3 N–H and O–H groups in total. The summed E-state index contributed by atoms with van der Waals surface area (Å²) in [5, 5.41) is 6.06. The smallest absolute Gasteiger partial charge is 0.418 e. The first-order valence-corrected chi connectivity index (χ1v) is 6.18. The Hall–Kier alpha value is -2.09. The molecule has 8 nitrogen and oxygen atoms in total. The van der Waals surface area contributed by atoms with E-state index in [1.165, 1.54) is 6.07 Å². The first-order chi connectivity index (χ1) is 9.23. The average molecular weight is 284 g/mol. The molecule has 1 rings (SSSR count). The van der Waals surface area contributed by atoms with Crippen LogP contribution < -0.4 is 11.1 Å². The van der Waals surface area contributed by atoms with Crippen molar-refractivity contribution in [1.29, 1.82) is 0 Å². The van der Waals surface area contributed by atoms with Crippen molar-refractivity contribution in [2.24, 2.45) is 5.73 Å². The Labute approximate surface area is 117 Å². The van der Waals surface area contributed by atoms with Crippen LogP contribution in [-0.4, -0.2) is 40.9 Å². The van der Waals surface area contributed by atoms with Crippen molar-refractivity contribution in [3.8, 4) is 0 Å². The second-order valence-electron chi connectivity index (χ2n) is 5.17. The summed E-state index contributed by atoms with van der Waals surface area (Å²) >= 11 is 0. The molecule has 0 spiro atoms. The van der Waals surface area contributed by atoms with Crippen molar-refractivity contribution >= 4 is 17.9 Å². The van der Waals surface area contributed by atoms with Crippen molar-refractivity contribution in [2.75, 3.05) is 18.4 Å². The summed E-state index contributed by atoms with van der Waals surface area (Å²) in [5.74, 6) is 0.765. The number of carbonyl (C=O) groups excluding carboxylic acids is 2. The number of hydrogen-bond acceptors (Lipinski definition) is 6. The zero-order valence-electron chi connectivity index (χ0n) is 12.1. The average Bonchev–Trinajstić information content (AvgIpc) is 2.68. The topological polar surface area (TPSA) is 111 Å². The van der Waals surface area contributed by atoms with Gasteiger partial charge in [-0.2, -0.15) is 0 Å². The first kappa shape index (κ1) is 16.0. The van der Waals surface area contributed by atoms with Crippen LogP contribution in [-0.2, 0) is 4.74 Å². The van der Waals surface area contributed by atoms with Crippen LogP contribution in [0.5, 0.6) is 0 Å². The fraction of sp³-hybridized carbons (Fsp3) is 0.583. The summed E-state index contributed by atoms with van der Waals surface area (Å²) in [4.78, 5) is 24.8. The molecule has 8 heteroatoms. The Morgan fingerprint density at radius 3 is 2.60 bits per heavy atom. The van der Waals surface area contributed by atoms with Gasteiger partial charge in [0, 0.05) is 19.2 Å². The van der Waals surface area contributed by atoms with Crippen molar-refractivity contribution in [3.05, 3.63) is 11.8 Å². The Balaban J connectivity index is 2.74. The van der Waals surface area contributed by atoms with Crippen LogP contribution in [0.15, 0.2) is 10.6 Å². The van der Waals surface area contributed by atoms with E-state index in [0.717, 1.165) is 4.90 Å². The number of nitrogens with two attached hydrogens (primary N) is 1. The van der Waals surface area contributed by atoms with Gasteiger partial charge in [-0.1, -0.05) is 5.16 Å². The van der Waals surface area contributed by atoms with E-state index in [2.05, 4.69) is 10.5 Å². The quantitative estimate of drug-likeness (QED) is 0.874. The van der Waals surface area contributed by atoms with Crippen molar-refractivity contribution in [3.63, 3.8) is 0 Å². The molecule has 1 aromatic rings. The number of carbonyl (C=O) groups is 2. The van der Waals surface area contributed by atoms with Crippen LogP contribution in [0.2, 0.25) is 0 Å². The summed E-state index contributed by atoms with van der Waals surface area (Å²) in [6, 6.07) is 0.867. The minimum Gasteiger partial charge on any atom is -0.443 e.